The molecule has 1 aromatic rings. The van der Waals surface area contributed by atoms with Crippen molar-refractivity contribution < 1.29 is 9.90 Å². The Bertz CT molecular complexity index is 353. The number of unbranched alkanes of at least 4 members (excludes halogenated alkanes) is 1. The molecule has 0 aliphatic rings. The van der Waals surface area contributed by atoms with Crippen LogP contribution >= 0.6 is 0 Å². The number of aryl methyl sites for hydroxylation is 1. The molecule has 4 nitrogen and oxygen atoms in total. The number of aliphatic hydroxyl groups excluding tert-OH is 1. The molecule has 0 saturated carbocycles. The van der Waals surface area contributed by atoms with E-state index in [0.29, 0.717) is 19.4 Å². The summed E-state index contributed by atoms with van der Waals surface area (Å²) < 4.78 is 0. The second-order valence-corrected chi connectivity index (χ2v) is 3.92. The van der Waals surface area contributed by atoms with Gasteiger partial charge in [0.15, 0.2) is 0 Å². The summed E-state index contributed by atoms with van der Waals surface area (Å²) in [7, 11) is 0. The van der Waals surface area contributed by atoms with Crippen molar-refractivity contribution in [1.29, 1.82) is 0 Å². The van der Waals surface area contributed by atoms with E-state index in [1.807, 2.05) is 12.1 Å². The average Bonchev–Trinajstić information content (AvgIpc) is 2.37. The number of amides is 1. The molecule has 4 heteroatoms. The van der Waals surface area contributed by atoms with Gasteiger partial charge in [0.2, 0.25) is 5.91 Å². The topological polar surface area (TPSA) is 62.2 Å². The van der Waals surface area contributed by atoms with Crippen molar-refractivity contribution in [3.63, 3.8) is 0 Å². The minimum Gasteiger partial charge on any atom is -0.396 e. The number of nitrogens with one attached hydrogen (secondary N) is 1. The van der Waals surface area contributed by atoms with Crippen LogP contribution in [0.5, 0.6) is 0 Å². The first-order valence-corrected chi connectivity index (χ1v) is 6.08. The van der Waals surface area contributed by atoms with Crippen LogP contribution in [0.15, 0.2) is 18.3 Å². The summed E-state index contributed by atoms with van der Waals surface area (Å²) in [6.07, 6.45) is 4.53. The summed E-state index contributed by atoms with van der Waals surface area (Å²) in [5, 5.41) is 11.5. The van der Waals surface area contributed by atoms with E-state index < -0.39 is 0 Å². The average molecular weight is 236 g/mol. The van der Waals surface area contributed by atoms with E-state index in [2.05, 4.69) is 17.2 Å². The van der Waals surface area contributed by atoms with Gasteiger partial charge in [-0.25, -0.2) is 0 Å². The van der Waals surface area contributed by atoms with Crippen LogP contribution in [0, 0.1) is 0 Å². The Hall–Kier alpha value is -1.42. The van der Waals surface area contributed by atoms with Crippen LogP contribution in [-0.4, -0.2) is 22.6 Å². The molecule has 1 rings (SSSR count). The summed E-state index contributed by atoms with van der Waals surface area (Å²) in [4.78, 5) is 15.7. The highest BCUT2D eigenvalue weighted by molar-refractivity contribution is 5.75. The zero-order valence-corrected chi connectivity index (χ0v) is 10.3. The van der Waals surface area contributed by atoms with Crippen molar-refractivity contribution >= 4 is 5.91 Å². The highest BCUT2D eigenvalue weighted by atomic mass is 16.2. The van der Waals surface area contributed by atoms with Gasteiger partial charge in [-0.1, -0.05) is 13.0 Å². The fourth-order valence-corrected chi connectivity index (χ4v) is 1.62. The molecule has 0 aromatic carbocycles. The molecule has 2 N–H and O–H groups in total. The molecule has 0 aliphatic heterocycles. The molecule has 0 fully saturated rings. The molecule has 1 amide bonds. The summed E-state index contributed by atoms with van der Waals surface area (Å²) in [5.41, 5.74) is 2.11. The Balaban J connectivity index is 2.36. The van der Waals surface area contributed by atoms with E-state index in [0.717, 1.165) is 18.5 Å². The van der Waals surface area contributed by atoms with Gasteiger partial charge >= 0.3 is 0 Å². The van der Waals surface area contributed by atoms with E-state index in [1.165, 1.54) is 5.56 Å². The monoisotopic (exact) mass is 236 g/mol. The zero-order valence-electron chi connectivity index (χ0n) is 10.3. The van der Waals surface area contributed by atoms with Gasteiger partial charge in [0, 0.05) is 19.2 Å². The fourth-order valence-electron chi connectivity index (χ4n) is 1.62. The molecule has 0 unspecified atom stereocenters. The lowest BCUT2D eigenvalue weighted by molar-refractivity contribution is -0.121. The van der Waals surface area contributed by atoms with E-state index in [-0.39, 0.29) is 12.5 Å². The molecule has 94 valence electrons. The quantitative estimate of drug-likeness (QED) is 0.704. The van der Waals surface area contributed by atoms with Crippen molar-refractivity contribution in [1.82, 2.24) is 10.3 Å². The van der Waals surface area contributed by atoms with Crippen LogP contribution in [0.3, 0.4) is 0 Å². The first-order valence-electron chi connectivity index (χ1n) is 6.08. The molecule has 1 aromatic heterocycles. The van der Waals surface area contributed by atoms with Crippen molar-refractivity contribution in [3.05, 3.63) is 29.6 Å². The summed E-state index contributed by atoms with van der Waals surface area (Å²) >= 11 is 0. The first kappa shape index (κ1) is 13.6. The van der Waals surface area contributed by atoms with Gasteiger partial charge in [0.1, 0.15) is 0 Å². The van der Waals surface area contributed by atoms with E-state index in [9.17, 15) is 4.79 Å². The predicted octanol–water partition coefficient (Wildman–Crippen LogP) is 1.42. The van der Waals surface area contributed by atoms with Gasteiger partial charge in [-0.2, -0.15) is 0 Å². The molecule has 1 heterocycles. The lowest BCUT2D eigenvalue weighted by atomic mass is 10.1. The second-order valence-electron chi connectivity index (χ2n) is 3.92. The van der Waals surface area contributed by atoms with Crippen molar-refractivity contribution in [3.8, 4) is 0 Å². The SMILES string of the molecule is CCc1cccnc1CNC(=O)CCCCO. The Morgan fingerprint density at radius 2 is 2.29 bits per heavy atom. The fraction of sp³-hybridized carbons (Fsp3) is 0.538. The van der Waals surface area contributed by atoms with E-state index in [4.69, 9.17) is 5.11 Å². The number of aromatic nitrogens is 1. The molecular formula is C13H20N2O2. The summed E-state index contributed by atoms with van der Waals surface area (Å²) in [6.45, 7) is 2.71. The van der Waals surface area contributed by atoms with Crippen LogP contribution in [0.4, 0.5) is 0 Å². The number of carbonyl (C=O) groups is 1. The maximum absolute atomic E-state index is 11.5. The van der Waals surface area contributed by atoms with Gasteiger partial charge in [-0.15, -0.1) is 0 Å². The minimum absolute atomic E-state index is 0.0196. The van der Waals surface area contributed by atoms with Crippen LogP contribution in [0.1, 0.15) is 37.4 Å². The number of hydrogen-bond donors (Lipinski definition) is 2. The van der Waals surface area contributed by atoms with Crippen molar-refractivity contribution in [2.45, 2.75) is 39.2 Å². The third-order valence-electron chi connectivity index (χ3n) is 2.63. The molecule has 0 atom stereocenters. The molecule has 17 heavy (non-hydrogen) atoms. The lowest BCUT2D eigenvalue weighted by Crippen LogP contribution is -2.23. The van der Waals surface area contributed by atoms with Crippen LogP contribution in [-0.2, 0) is 17.8 Å². The maximum Gasteiger partial charge on any atom is 0.220 e. The minimum atomic E-state index is 0.0196. The Morgan fingerprint density at radius 1 is 1.47 bits per heavy atom. The van der Waals surface area contributed by atoms with Gasteiger partial charge < -0.3 is 10.4 Å². The van der Waals surface area contributed by atoms with Crippen molar-refractivity contribution in [2.75, 3.05) is 6.61 Å². The first-order chi connectivity index (χ1) is 8.27. The summed E-state index contributed by atoms with van der Waals surface area (Å²) in [5.74, 6) is 0.0196. The molecule has 0 bridgehead atoms. The number of pyridine rings is 1. The number of aliphatic hydroxyl groups is 1. The third-order valence-corrected chi connectivity index (χ3v) is 2.63. The maximum atomic E-state index is 11.5. The number of hydrogen-bond acceptors (Lipinski definition) is 3. The Morgan fingerprint density at radius 3 is 3.00 bits per heavy atom. The highest BCUT2D eigenvalue weighted by Gasteiger charge is 2.04. The van der Waals surface area contributed by atoms with Crippen molar-refractivity contribution in [2.24, 2.45) is 0 Å². The van der Waals surface area contributed by atoms with E-state index in [1.54, 1.807) is 6.20 Å². The standard InChI is InChI=1S/C13H20N2O2/c1-2-11-6-5-8-14-12(11)10-15-13(17)7-3-4-9-16/h5-6,8,16H,2-4,7,9-10H2,1H3,(H,15,17). The van der Waals surface area contributed by atoms with Gasteiger partial charge in [0.05, 0.1) is 12.2 Å². The van der Waals surface area contributed by atoms with Gasteiger partial charge in [-0.05, 0) is 30.9 Å². The number of nitrogens with zero attached hydrogens (tertiary/aromatic N) is 1. The van der Waals surface area contributed by atoms with E-state index >= 15 is 0 Å². The molecule has 0 spiro atoms. The normalized spacial score (nSPS) is 10.2. The second kappa shape index (κ2) is 7.79. The Kier molecular flexibility index (Phi) is 6.25. The Labute approximate surface area is 102 Å². The number of rotatable bonds is 7. The molecule has 0 saturated heterocycles. The molecule has 0 aliphatic carbocycles. The molecular weight excluding hydrogens is 216 g/mol. The van der Waals surface area contributed by atoms with Crippen LogP contribution in [0.2, 0.25) is 0 Å². The number of carbonyl (C=O) groups excluding carboxylic acids is 1. The van der Waals surface area contributed by atoms with Gasteiger partial charge in [0.25, 0.3) is 0 Å². The van der Waals surface area contributed by atoms with Crippen LogP contribution in [0.25, 0.3) is 0 Å². The van der Waals surface area contributed by atoms with Gasteiger partial charge in [-0.3, -0.25) is 9.78 Å². The third kappa shape index (κ3) is 4.95. The van der Waals surface area contributed by atoms with Crippen LogP contribution < -0.4 is 5.32 Å². The largest absolute Gasteiger partial charge is 0.396 e. The summed E-state index contributed by atoms with van der Waals surface area (Å²) in [6, 6.07) is 3.94. The zero-order chi connectivity index (χ0) is 12.5. The molecule has 0 radical (unpaired) electrons. The smallest absolute Gasteiger partial charge is 0.220 e. The predicted molar refractivity (Wildman–Crippen MR) is 66.4 cm³/mol. The lowest BCUT2D eigenvalue weighted by Gasteiger charge is -2.08. The highest BCUT2D eigenvalue weighted by Crippen LogP contribution is 2.05.